The maximum absolute atomic E-state index is 10.2. The van der Waals surface area contributed by atoms with Gasteiger partial charge in [-0.15, -0.1) is 0 Å². The second-order valence-corrected chi connectivity index (χ2v) is 6.58. The number of fused-ring (bicyclic) bond motifs is 3. The van der Waals surface area contributed by atoms with Crippen molar-refractivity contribution in [3.05, 3.63) is 47.5 Å². The fraction of sp³-hybridized carbons (Fsp3) is 0.400. The maximum Gasteiger partial charge on any atom is 0.164 e. The van der Waals surface area contributed by atoms with Crippen LogP contribution in [0.4, 0.5) is 0 Å². The summed E-state index contributed by atoms with van der Waals surface area (Å²) in [5.41, 5.74) is 1.90. The van der Waals surface area contributed by atoms with Crippen LogP contribution in [-0.4, -0.2) is 19.3 Å². The highest BCUT2D eigenvalue weighted by molar-refractivity contribution is 5.56. The lowest BCUT2D eigenvalue weighted by Crippen LogP contribution is -2.37. The number of phenolic OH excluding ortho intramolecular Hbond substituents is 1. The lowest BCUT2D eigenvalue weighted by Gasteiger charge is -2.39. The van der Waals surface area contributed by atoms with E-state index in [0.29, 0.717) is 5.75 Å². The van der Waals surface area contributed by atoms with Gasteiger partial charge in [-0.05, 0) is 43.0 Å². The fourth-order valence-electron chi connectivity index (χ4n) is 4.24. The van der Waals surface area contributed by atoms with Crippen molar-refractivity contribution in [2.24, 2.45) is 0 Å². The Bertz CT molecular complexity index is 753. The van der Waals surface area contributed by atoms with Crippen LogP contribution in [0.5, 0.6) is 23.0 Å². The quantitative estimate of drug-likeness (QED) is 0.910. The van der Waals surface area contributed by atoms with E-state index < -0.39 is 0 Å². The molecule has 2 aromatic carbocycles. The van der Waals surface area contributed by atoms with E-state index >= 15 is 0 Å². The Labute approximate surface area is 142 Å². The minimum Gasteiger partial charge on any atom is -0.504 e. The molecule has 4 rings (SSSR count). The van der Waals surface area contributed by atoms with Gasteiger partial charge in [0.15, 0.2) is 11.5 Å². The van der Waals surface area contributed by atoms with Gasteiger partial charge in [0.1, 0.15) is 17.1 Å². The van der Waals surface area contributed by atoms with Crippen molar-refractivity contribution in [2.75, 3.05) is 14.2 Å². The van der Waals surface area contributed by atoms with Crippen molar-refractivity contribution in [2.45, 2.75) is 37.2 Å². The Morgan fingerprint density at radius 2 is 1.88 bits per heavy atom. The van der Waals surface area contributed by atoms with Crippen LogP contribution in [0.1, 0.15) is 42.7 Å². The summed E-state index contributed by atoms with van der Waals surface area (Å²) in [6, 6.07) is 11.8. The zero-order valence-corrected chi connectivity index (χ0v) is 14.0. The minimum atomic E-state index is -0.355. The molecule has 24 heavy (non-hydrogen) atoms. The van der Waals surface area contributed by atoms with Crippen LogP contribution in [0.3, 0.4) is 0 Å². The van der Waals surface area contributed by atoms with Crippen molar-refractivity contribution in [3.8, 4) is 23.0 Å². The van der Waals surface area contributed by atoms with E-state index in [1.54, 1.807) is 14.2 Å². The number of rotatable bonds is 3. The molecule has 0 bridgehead atoms. The minimum absolute atomic E-state index is 0.177. The molecule has 1 heterocycles. The average Bonchev–Trinajstić information content (AvgIpc) is 2.95. The maximum atomic E-state index is 10.2. The summed E-state index contributed by atoms with van der Waals surface area (Å²) in [6.07, 6.45) is 4.35. The third kappa shape index (κ3) is 2.13. The van der Waals surface area contributed by atoms with Crippen LogP contribution in [0.25, 0.3) is 0 Å². The normalized spacial score (nSPS) is 24.7. The highest BCUT2D eigenvalue weighted by atomic mass is 16.5. The van der Waals surface area contributed by atoms with Gasteiger partial charge in [-0.25, -0.2) is 0 Å². The molecule has 1 fully saturated rings. The molecule has 1 saturated carbocycles. The SMILES string of the molecule is COc1ccc([C@]23CCCC[C@H]2c2cc(O)c(OC)cc2O3)cc1. The average molecular weight is 326 g/mol. The summed E-state index contributed by atoms with van der Waals surface area (Å²) in [5, 5.41) is 10.2. The van der Waals surface area contributed by atoms with Crippen LogP contribution in [-0.2, 0) is 5.60 Å². The first-order valence-electron chi connectivity index (χ1n) is 8.42. The van der Waals surface area contributed by atoms with Gasteiger partial charge in [0.05, 0.1) is 14.2 Å². The van der Waals surface area contributed by atoms with Crippen molar-refractivity contribution >= 4 is 0 Å². The molecule has 2 aromatic rings. The molecule has 1 N–H and O–H groups in total. The van der Waals surface area contributed by atoms with Crippen molar-refractivity contribution < 1.29 is 19.3 Å². The zero-order valence-electron chi connectivity index (χ0n) is 14.0. The molecule has 4 nitrogen and oxygen atoms in total. The van der Waals surface area contributed by atoms with Gasteiger partial charge in [-0.3, -0.25) is 0 Å². The Morgan fingerprint density at radius 1 is 1.08 bits per heavy atom. The fourth-order valence-corrected chi connectivity index (χ4v) is 4.24. The Balaban J connectivity index is 1.81. The highest BCUT2D eigenvalue weighted by Crippen LogP contribution is 2.58. The molecule has 0 amide bonds. The number of ether oxygens (including phenoxy) is 3. The monoisotopic (exact) mass is 326 g/mol. The van der Waals surface area contributed by atoms with Crippen molar-refractivity contribution in [1.82, 2.24) is 0 Å². The van der Waals surface area contributed by atoms with Gasteiger partial charge in [-0.1, -0.05) is 18.6 Å². The number of hydrogen-bond donors (Lipinski definition) is 1. The van der Waals surface area contributed by atoms with Gasteiger partial charge in [-0.2, -0.15) is 0 Å². The third-order valence-electron chi connectivity index (χ3n) is 5.41. The summed E-state index contributed by atoms with van der Waals surface area (Å²) < 4.78 is 17.1. The molecule has 0 unspecified atom stereocenters. The molecular weight excluding hydrogens is 304 g/mol. The van der Waals surface area contributed by atoms with Gasteiger partial charge >= 0.3 is 0 Å². The van der Waals surface area contributed by atoms with Gasteiger partial charge in [0, 0.05) is 17.5 Å². The largest absolute Gasteiger partial charge is 0.504 e. The molecule has 4 heteroatoms. The lowest BCUT2D eigenvalue weighted by molar-refractivity contribution is 0.0319. The molecule has 0 saturated heterocycles. The number of aromatic hydroxyl groups is 1. The van der Waals surface area contributed by atoms with Crippen LogP contribution in [0.2, 0.25) is 0 Å². The lowest BCUT2D eigenvalue weighted by atomic mass is 9.70. The van der Waals surface area contributed by atoms with Crippen LogP contribution in [0.15, 0.2) is 36.4 Å². The summed E-state index contributed by atoms with van der Waals surface area (Å²) in [7, 11) is 3.23. The summed E-state index contributed by atoms with van der Waals surface area (Å²) in [6.45, 7) is 0. The molecule has 1 aliphatic carbocycles. The van der Waals surface area contributed by atoms with E-state index in [-0.39, 0.29) is 17.3 Å². The molecule has 0 aromatic heterocycles. The molecule has 2 aliphatic rings. The molecule has 2 atom stereocenters. The molecule has 0 spiro atoms. The second kappa shape index (κ2) is 5.62. The van der Waals surface area contributed by atoms with E-state index in [1.807, 2.05) is 24.3 Å². The van der Waals surface area contributed by atoms with Crippen molar-refractivity contribution in [3.63, 3.8) is 0 Å². The molecule has 1 aliphatic heterocycles. The summed E-state index contributed by atoms with van der Waals surface area (Å²) in [4.78, 5) is 0. The van der Waals surface area contributed by atoms with E-state index in [4.69, 9.17) is 14.2 Å². The van der Waals surface area contributed by atoms with Crippen LogP contribution in [0, 0.1) is 0 Å². The standard InChI is InChI=1S/C20H22O4/c1-22-14-8-6-13(7-9-14)20-10-4-3-5-16(20)15-11-17(21)19(23-2)12-18(15)24-20/h6-9,11-12,16,21H,3-5,10H2,1-2H3/t16-,20+/m0/s1. The number of hydrogen-bond acceptors (Lipinski definition) is 4. The first-order valence-corrected chi connectivity index (χ1v) is 8.42. The molecule has 0 radical (unpaired) electrons. The number of methoxy groups -OCH3 is 2. The zero-order chi connectivity index (χ0) is 16.7. The molecule has 126 valence electrons. The van der Waals surface area contributed by atoms with Crippen molar-refractivity contribution in [1.29, 1.82) is 0 Å². The number of benzene rings is 2. The molecular formula is C20H22O4. The second-order valence-electron chi connectivity index (χ2n) is 6.58. The Hall–Kier alpha value is -2.36. The third-order valence-corrected chi connectivity index (χ3v) is 5.41. The van der Waals surface area contributed by atoms with Gasteiger partial charge < -0.3 is 19.3 Å². The number of phenols is 1. The predicted octanol–water partition coefficient (Wildman–Crippen LogP) is 4.35. The summed E-state index contributed by atoms with van der Waals surface area (Å²) >= 11 is 0. The van der Waals surface area contributed by atoms with E-state index in [0.717, 1.165) is 36.3 Å². The van der Waals surface area contributed by atoms with Crippen LogP contribution < -0.4 is 14.2 Å². The van der Waals surface area contributed by atoms with E-state index in [9.17, 15) is 5.11 Å². The topological polar surface area (TPSA) is 47.9 Å². The van der Waals surface area contributed by atoms with Gasteiger partial charge in [0.25, 0.3) is 0 Å². The first-order chi connectivity index (χ1) is 11.7. The predicted molar refractivity (Wildman–Crippen MR) is 91.2 cm³/mol. The van der Waals surface area contributed by atoms with E-state index in [1.165, 1.54) is 12.0 Å². The van der Waals surface area contributed by atoms with Crippen LogP contribution >= 0.6 is 0 Å². The first kappa shape index (κ1) is 15.2. The van der Waals surface area contributed by atoms with Gasteiger partial charge in [0.2, 0.25) is 0 Å². The Morgan fingerprint density at radius 3 is 2.58 bits per heavy atom. The smallest absolute Gasteiger partial charge is 0.164 e. The highest BCUT2D eigenvalue weighted by Gasteiger charge is 2.51. The van der Waals surface area contributed by atoms with E-state index in [2.05, 4.69) is 12.1 Å². The Kier molecular flexibility index (Phi) is 3.56. The summed E-state index contributed by atoms with van der Waals surface area (Å²) in [5.74, 6) is 2.56.